The number of amides is 1. The van der Waals surface area contributed by atoms with E-state index < -0.39 is 10.8 Å². The van der Waals surface area contributed by atoms with Crippen molar-refractivity contribution < 1.29 is 9.72 Å². The minimum absolute atomic E-state index is 0.0283. The van der Waals surface area contributed by atoms with Gasteiger partial charge in [0.15, 0.2) is 5.11 Å². The molecule has 0 heterocycles. The molecular weight excluding hydrogens is 326 g/mol. The second-order valence-electron chi connectivity index (χ2n) is 5.07. The van der Waals surface area contributed by atoms with Crippen LogP contribution in [0.5, 0.6) is 0 Å². The predicted molar refractivity (Wildman–Crippen MR) is 95.8 cm³/mol. The number of hydrogen-bond donors (Lipinski definition) is 2. The standard InChI is InChI=1S/C17H17N3O3S/c1-2-14(12-8-4-3-5-9-12)18-17(24)19-16(21)13-10-6-7-11-15(13)20(22)23/h3-11,14H,2H2,1H3,(H2,18,19,21,24). The molecule has 0 aromatic heterocycles. The fraction of sp³-hybridized carbons (Fsp3) is 0.176. The van der Waals surface area contributed by atoms with Crippen molar-refractivity contribution >= 4 is 28.9 Å². The fourth-order valence-electron chi connectivity index (χ4n) is 2.30. The van der Waals surface area contributed by atoms with E-state index in [1.54, 1.807) is 6.07 Å². The molecule has 2 N–H and O–H groups in total. The molecule has 0 aliphatic carbocycles. The minimum Gasteiger partial charge on any atom is -0.356 e. The smallest absolute Gasteiger partial charge is 0.282 e. The van der Waals surface area contributed by atoms with Crippen LogP contribution in [0.2, 0.25) is 0 Å². The minimum atomic E-state index is -0.609. The lowest BCUT2D eigenvalue weighted by molar-refractivity contribution is -0.385. The van der Waals surface area contributed by atoms with E-state index in [2.05, 4.69) is 10.6 Å². The molecule has 0 saturated carbocycles. The summed E-state index contributed by atoms with van der Waals surface area (Å²) in [6.07, 6.45) is 0.769. The van der Waals surface area contributed by atoms with E-state index in [1.807, 2.05) is 37.3 Å². The van der Waals surface area contributed by atoms with Crippen molar-refractivity contribution in [3.63, 3.8) is 0 Å². The molecule has 2 rings (SSSR count). The molecule has 2 aromatic carbocycles. The number of para-hydroxylation sites is 1. The van der Waals surface area contributed by atoms with Crippen molar-refractivity contribution in [2.24, 2.45) is 0 Å². The summed E-state index contributed by atoms with van der Waals surface area (Å²) in [6.45, 7) is 2.00. The topological polar surface area (TPSA) is 84.3 Å². The summed E-state index contributed by atoms with van der Waals surface area (Å²) in [5.41, 5.74) is 0.759. The Morgan fingerprint density at radius 3 is 2.42 bits per heavy atom. The first-order valence-electron chi connectivity index (χ1n) is 7.43. The molecule has 0 saturated heterocycles. The van der Waals surface area contributed by atoms with Crippen LogP contribution in [0.4, 0.5) is 5.69 Å². The monoisotopic (exact) mass is 343 g/mol. The number of benzene rings is 2. The summed E-state index contributed by atoms with van der Waals surface area (Å²) in [4.78, 5) is 22.6. The third-order valence-electron chi connectivity index (χ3n) is 3.49. The molecule has 0 fully saturated rings. The van der Waals surface area contributed by atoms with Gasteiger partial charge in [-0.25, -0.2) is 0 Å². The average Bonchev–Trinajstić information content (AvgIpc) is 2.60. The molecule has 2 aromatic rings. The molecule has 7 heteroatoms. The Balaban J connectivity index is 2.07. The highest BCUT2D eigenvalue weighted by atomic mass is 32.1. The lowest BCUT2D eigenvalue weighted by Gasteiger charge is -2.19. The number of nitrogens with one attached hydrogen (secondary N) is 2. The SMILES string of the molecule is CCC(NC(=S)NC(=O)c1ccccc1[N+](=O)[O-])c1ccccc1. The average molecular weight is 343 g/mol. The van der Waals surface area contributed by atoms with Gasteiger partial charge < -0.3 is 5.32 Å². The molecule has 0 aliphatic heterocycles. The molecular formula is C17H17N3O3S. The number of rotatable bonds is 5. The Bertz CT molecular complexity index is 750. The first kappa shape index (κ1) is 17.6. The van der Waals surface area contributed by atoms with E-state index in [1.165, 1.54) is 18.2 Å². The van der Waals surface area contributed by atoms with Gasteiger partial charge in [0.05, 0.1) is 11.0 Å². The molecule has 0 aliphatic rings. The largest absolute Gasteiger partial charge is 0.356 e. The van der Waals surface area contributed by atoms with Crippen molar-refractivity contribution in [2.75, 3.05) is 0 Å². The van der Waals surface area contributed by atoms with Gasteiger partial charge in [0.2, 0.25) is 0 Å². The van der Waals surface area contributed by atoms with Gasteiger partial charge in [0.25, 0.3) is 11.6 Å². The molecule has 0 radical (unpaired) electrons. The molecule has 24 heavy (non-hydrogen) atoms. The number of hydrogen-bond acceptors (Lipinski definition) is 4. The maximum atomic E-state index is 12.2. The number of carbonyl (C=O) groups is 1. The highest BCUT2D eigenvalue weighted by molar-refractivity contribution is 7.80. The van der Waals surface area contributed by atoms with E-state index in [0.717, 1.165) is 12.0 Å². The highest BCUT2D eigenvalue weighted by Gasteiger charge is 2.20. The van der Waals surface area contributed by atoms with Crippen molar-refractivity contribution in [1.82, 2.24) is 10.6 Å². The summed E-state index contributed by atoms with van der Waals surface area (Å²) >= 11 is 5.17. The van der Waals surface area contributed by atoms with Crippen LogP contribution in [0.1, 0.15) is 35.3 Å². The van der Waals surface area contributed by atoms with Crippen molar-refractivity contribution in [3.8, 4) is 0 Å². The first-order chi connectivity index (χ1) is 11.5. The number of carbonyl (C=O) groups excluding carboxylic acids is 1. The molecule has 1 atom stereocenters. The van der Waals surface area contributed by atoms with Gasteiger partial charge in [0.1, 0.15) is 5.56 Å². The quantitative estimate of drug-likeness (QED) is 0.494. The lowest BCUT2D eigenvalue weighted by Crippen LogP contribution is -2.41. The van der Waals surface area contributed by atoms with Gasteiger partial charge in [-0.3, -0.25) is 20.2 Å². The zero-order chi connectivity index (χ0) is 17.5. The van der Waals surface area contributed by atoms with E-state index in [4.69, 9.17) is 12.2 Å². The van der Waals surface area contributed by atoms with Crippen LogP contribution in [-0.2, 0) is 0 Å². The maximum Gasteiger partial charge on any atom is 0.282 e. The third kappa shape index (κ3) is 4.36. The first-order valence-corrected chi connectivity index (χ1v) is 7.84. The second-order valence-corrected chi connectivity index (χ2v) is 5.48. The molecule has 0 bridgehead atoms. The van der Waals surface area contributed by atoms with Crippen LogP contribution in [-0.4, -0.2) is 15.9 Å². The Labute approximate surface area is 145 Å². The van der Waals surface area contributed by atoms with Crippen LogP contribution in [0.15, 0.2) is 54.6 Å². The number of nitrogens with zero attached hydrogens (tertiary/aromatic N) is 1. The Morgan fingerprint density at radius 1 is 1.17 bits per heavy atom. The summed E-state index contributed by atoms with van der Waals surface area (Å²) in [7, 11) is 0. The summed E-state index contributed by atoms with van der Waals surface area (Å²) in [5, 5.41) is 16.7. The lowest BCUT2D eigenvalue weighted by atomic mass is 10.1. The van der Waals surface area contributed by atoms with Gasteiger partial charge >= 0.3 is 0 Å². The molecule has 0 spiro atoms. The van der Waals surface area contributed by atoms with Crippen LogP contribution >= 0.6 is 12.2 Å². The Kier molecular flexibility index (Phi) is 5.97. The van der Waals surface area contributed by atoms with E-state index in [9.17, 15) is 14.9 Å². The third-order valence-corrected chi connectivity index (χ3v) is 3.71. The zero-order valence-corrected chi connectivity index (χ0v) is 13.9. The predicted octanol–water partition coefficient (Wildman–Crippen LogP) is 3.35. The molecule has 1 amide bonds. The zero-order valence-electron chi connectivity index (χ0n) is 13.1. The van der Waals surface area contributed by atoms with Gasteiger partial charge in [-0.2, -0.15) is 0 Å². The summed E-state index contributed by atoms with van der Waals surface area (Å²) in [6, 6.07) is 15.4. The van der Waals surface area contributed by atoms with Crippen molar-refractivity contribution in [3.05, 3.63) is 75.8 Å². The normalized spacial score (nSPS) is 11.4. The van der Waals surface area contributed by atoms with Crippen LogP contribution < -0.4 is 10.6 Å². The van der Waals surface area contributed by atoms with Gasteiger partial charge in [-0.15, -0.1) is 0 Å². The number of nitro benzene ring substituents is 1. The van der Waals surface area contributed by atoms with Gasteiger partial charge in [-0.05, 0) is 30.3 Å². The second kappa shape index (κ2) is 8.16. The summed E-state index contributed by atoms with van der Waals surface area (Å²) in [5.74, 6) is -0.609. The fourth-order valence-corrected chi connectivity index (χ4v) is 2.53. The number of nitro groups is 1. The molecule has 124 valence electrons. The van der Waals surface area contributed by atoms with Crippen molar-refractivity contribution in [2.45, 2.75) is 19.4 Å². The Hall–Kier alpha value is -2.80. The van der Waals surface area contributed by atoms with Crippen LogP contribution in [0.25, 0.3) is 0 Å². The summed E-state index contributed by atoms with van der Waals surface area (Å²) < 4.78 is 0. The Morgan fingerprint density at radius 2 is 1.79 bits per heavy atom. The van der Waals surface area contributed by atoms with E-state index >= 15 is 0 Å². The highest BCUT2D eigenvalue weighted by Crippen LogP contribution is 2.18. The van der Waals surface area contributed by atoms with E-state index in [0.29, 0.717) is 0 Å². The maximum absolute atomic E-state index is 12.2. The molecule has 1 unspecified atom stereocenters. The van der Waals surface area contributed by atoms with Crippen molar-refractivity contribution in [1.29, 1.82) is 0 Å². The van der Waals surface area contributed by atoms with Crippen LogP contribution in [0.3, 0.4) is 0 Å². The molecule has 6 nitrogen and oxygen atoms in total. The van der Waals surface area contributed by atoms with Gasteiger partial charge in [-0.1, -0.05) is 49.4 Å². The number of thiocarbonyl (C=S) groups is 1. The van der Waals surface area contributed by atoms with Gasteiger partial charge in [0, 0.05) is 6.07 Å². The van der Waals surface area contributed by atoms with Crippen LogP contribution in [0, 0.1) is 10.1 Å². The van der Waals surface area contributed by atoms with E-state index in [-0.39, 0.29) is 22.4 Å².